The minimum atomic E-state index is -4.79. The summed E-state index contributed by atoms with van der Waals surface area (Å²) in [5.41, 5.74) is 0.858. The summed E-state index contributed by atoms with van der Waals surface area (Å²) in [6, 6.07) is 5.61. The van der Waals surface area contributed by atoms with Gasteiger partial charge in [-0.25, -0.2) is 4.98 Å². The molecule has 2 aromatic heterocycles. The predicted octanol–water partition coefficient (Wildman–Crippen LogP) is 3.08. The lowest BCUT2D eigenvalue weighted by atomic mass is 10.2. The third kappa shape index (κ3) is 3.30. The zero-order valence-electron chi connectivity index (χ0n) is 13.2. The van der Waals surface area contributed by atoms with Gasteiger partial charge in [-0.15, -0.1) is 13.2 Å². The van der Waals surface area contributed by atoms with Crippen LogP contribution in [0.1, 0.15) is 23.2 Å². The van der Waals surface area contributed by atoms with E-state index in [-0.39, 0.29) is 28.8 Å². The van der Waals surface area contributed by atoms with Crippen molar-refractivity contribution in [2.24, 2.45) is 0 Å². The molecule has 4 rings (SSSR count). The topological polar surface area (TPSA) is 81.4 Å². The first-order chi connectivity index (χ1) is 12.4. The van der Waals surface area contributed by atoms with E-state index in [0.717, 1.165) is 12.8 Å². The Balaban J connectivity index is 1.80. The molecule has 0 spiro atoms. The van der Waals surface area contributed by atoms with E-state index in [9.17, 15) is 18.0 Å². The number of carbonyl (C=O) groups excluding carboxylic acids is 1. The number of fused-ring (bicyclic) bond motifs is 1. The van der Waals surface area contributed by atoms with Crippen LogP contribution >= 0.6 is 0 Å². The van der Waals surface area contributed by atoms with Crippen LogP contribution in [0.25, 0.3) is 17.0 Å². The van der Waals surface area contributed by atoms with E-state index < -0.39 is 6.36 Å². The molecule has 2 heterocycles. The molecule has 7 nitrogen and oxygen atoms in total. The number of halogens is 3. The molecule has 1 aliphatic carbocycles. The third-order valence-corrected chi connectivity index (χ3v) is 3.76. The monoisotopic (exact) mass is 363 g/mol. The molecule has 0 amide bonds. The highest BCUT2D eigenvalue weighted by Gasteiger charge is 2.31. The van der Waals surface area contributed by atoms with E-state index in [0.29, 0.717) is 17.8 Å². The maximum absolute atomic E-state index is 12.4. The SMILES string of the molecule is O=Cc1cnn2c(NC3CC3)nc(-c3cccc(OC(F)(F)F)c3)nc12. The number of ether oxygens (including phenoxy) is 1. The Morgan fingerprint density at radius 2 is 2.08 bits per heavy atom. The molecule has 1 N–H and O–H groups in total. The van der Waals surface area contributed by atoms with E-state index >= 15 is 0 Å². The highest BCUT2D eigenvalue weighted by atomic mass is 19.4. The Kier molecular flexibility index (Phi) is 3.74. The van der Waals surface area contributed by atoms with Gasteiger partial charge < -0.3 is 10.1 Å². The van der Waals surface area contributed by atoms with Crippen molar-refractivity contribution in [1.82, 2.24) is 19.6 Å². The number of aldehydes is 1. The second-order valence-electron chi connectivity index (χ2n) is 5.82. The lowest BCUT2D eigenvalue weighted by Crippen LogP contribution is -2.17. The van der Waals surface area contributed by atoms with Crippen molar-refractivity contribution in [2.75, 3.05) is 5.32 Å². The number of carbonyl (C=O) groups is 1. The molecule has 1 saturated carbocycles. The van der Waals surface area contributed by atoms with E-state index in [2.05, 4.69) is 25.1 Å². The van der Waals surface area contributed by atoms with Crippen LogP contribution in [0.15, 0.2) is 30.5 Å². The minimum Gasteiger partial charge on any atom is -0.406 e. The second kappa shape index (κ2) is 5.97. The van der Waals surface area contributed by atoms with Gasteiger partial charge in [0.15, 0.2) is 17.8 Å². The molecule has 1 aliphatic rings. The van der Waals surface area contributed by atoms with Crippen molar-refractivity contribution >= 4 is 17.9 Å². The number of hydrogen-bond acceptors (Lipinski definition) is 6. The van der Waals surface area contributed by atoms with Gasteiger partial charge in [0.2, 0.25) is 5.95 Å². The van der Waals surface area contributed by atoms with Gasteiger partial charge in [-0.05, 0) is 25.0 Å². The molecule has 0 atom stereocenters. The zero-order chi connectivity index (χ0) is 18.3. The van der Waals surface area contributed by atoms with Gasteiger partial charge >= 0.3 is 6.36 Å². The van der Waals surface area contributed by atoms with Gasteiger partial charge in [0, 0.05) is 11.6 Å². The van der Waals surface area contributed by atoms with Crippen LogP contribution in [0, 0.1) is 0 Å². The Morgan fingerprint density at radius 3 is 2.77 bits per heavy atom. The highest BCUT2D eigenvalue weighted by Crippen LogP contribution is 2.29. The molecular formula is C16H12F3N5O2. The molecule has 134 valence electrons. The molecule has 0 bridgehead atoms. The summed E-state index contributed by atoms with van der Waals surface area (Å²) >= 11 is 0. The molecular weight excluding hydrogens is 351 g/mol. The summed E-state index contributed by atoms with van der Waals surface area (Å²) in [6.45, 7) is 0. The minimum absolute atomic E-state index is 0.164. The van der Waals surface area contributed by atoms with Crippen LogP contribution in [0.2, 0.25) is 0 Å². The fourth-order valence-corrected chi connectivity index (χ4v) is 2.44. The van der Waals surface area contributed by atoms with Crippen LogP contribution in [0.4, 0.5) is 19.1 Å². The number of nitrogens with one attached hydrogen (secondary N) is 1. The van der Waals surface area contributed by atoms with Crippen LogP contribution < -0.4 is 10.1 Å². The molecule has 0 saturated heterocycles. The maximum Gasteiger partial charge on any atom is 0.573 e. The summed E-state index contributed by atoms with van der Waals surface area (Å²) in [6.07, 6.45) is -0.849. The van der Waals surface area contributed by atoms with E-state index in [1.807, 2.05) is 0 Å². The standard InChI is InChI=1S/C16H12F3N5O2/c17-16(18,19)26-12-3-1-2-9(6-12)13-22-14-10(8-25)7-20-24(14)15(23-13)21-11-4-5-11/h1-3,6-8,11H,4-5H2,(H,21,22,23). The lowest BCUT2D eigenvalue weighted by molar-refractivity contribution is -0.274. The number of benzene rings is 1. The van der Waals surface area contributed by atoms with Crippen LogP contribution in [-0.2, 0) is 0 Å². The molecule has 0 unspecified atom stereocenters. The van der Waals surface area contributed by atoms with Gasteiger partial charge in [-0.1, -0.05) is 12.1 Å². The van der Waals surface area contributed by atoms with Gasteiger partial charge in [0.05, 0.1) is 11.8 Å². The fourth-order valence-electron chi connectivity index (χ4n) is 2.44. The number of anilines is 1. The maximum atomic E-state index is 12.4. The van der Waals surface area contributed by atoms with Gasteiger partial charge in [0.1, 0.15) is 5.75 Å². The Morgan fingerprint density at radius 1 is 1.27 bits per heavy atom. The van der Waals surface area contributed by atoms with E-state index in [1.54, 1.807) is 6.07 Å². The Hall–Kier alpha value is -3.17. The van der Waals surface area contributed by atoms with Crippen molar-refractivity contribution in [3.63, 3.8) is 0 Å². The van der Waals surface area contributed by atoms with Crippen molar-refractivity contribution in [1.29, 1.82) is 0 Å². The largest absolute Gasteiger partial charge is 0.573 e. The first kappa shape index (κ1) is 16.3. The van der Waals surface area contributed by atoms with Crippen LogP contribution in [0.3, 0.4) is 0 Å². The molecule has 1 aromatic carbocycles. The lowest BCUT2D eigenvalue weighted by Gasteiger charge is -2.11. The Labute approximate surface area is 144 Å². The second-order valence-corrected chi connectivity index (χ2v) is 5.82. The molecule has 0 radical (unpaired) electrons. The van der Waals surface area contributed by atoms with Crippen LogP contribution in [-0.4, -0.2) is 38.3 Å². The summed E-state index contributed by atoms with van der Waals surface area (Å²) in [4.78, 5) is 19.9. The average molecular weight is 363 g/mol. The number of aromatic nitrogens is 4. The quantitative estimate of drug-likeness (QED) is 0.702. The van der Waals surface area contributed by atoms with E-state index in [4.69, 9.17) is 0 Å². The summed E-state index contributed by atoms with van der Waals surface area (Å²) in [5, 5.41) is 7.28. The first-order valence-corrected chi connectivity index (χ1v) is 7.76. The molecule has 10 heteroatoms. The number of hydrogen-bond donors (Lipinski definition) is 1. The summed E-state index contributed by atoms with van der Waals surface area (Å²) < 4.78 is 42.7. The average Bonchev–Trinajstić information content (AvgIpc) is 3.30. The van der Waals surface area contributed by atoms with Crippen molar-refractivity contribution in [3.05, 3.63) is 36.0 Å². The first-order valence-electron chi connectivity index (χ1n) is 7.76. The van der Waals surface area contributed by atoms with Crippen molar-refractivity contribution in [3.8, 4) is 17.1 Å². The molecule has 26 heavy (non-hydrogen) atoms. The Bertz CT molecular complexity index is 982. The third-order valence-electron chi connectivity index (χ3n) is 3.76. The molecule has 0 aliphatic heterocycles. The van der Waals surface area contributed by atoms with Gasteiger partial charge in [-0.2, -0.15) is 14.6 Å². The molecule has 1 fully saturated rings. The van der Waals surface area contributed by atoms with Crippen LogP contribution in [0.5, 0.6) is 5.75 Å². The predicted molar refractivity (Wildman–Crippen MR) is 84.9 cm³/mol. The number of alkyl halides is 3. The molecule has 3 aromatic rings. The number of nitrogens with zero attached hydrogens (tertiary/aromatic N) is 4. The van der Waals surface area contributed by atoms with Gasteiger partial charge in [0.25, 0.3) is 0 Å². The van der Waals surface area contributed by atoms with Crippen molar-refractivity contribution < 1.29 is 22.7 Å². The fraction of sp³-hybridized carbons (Fsp3) is 0.250. The summed E-state index contributed by atoms with van der Waals surface area (Å²) in [5.74, 6) is 0.166. The van der Waals surface area contributed by atoms with Gasteiger partial charge in [-0.3, -0.25) is 4.79 Å². The highest BCUT2D eigenvalue weighted by molar-refractivity contribution is 5.84. The smallest absolute Gasteiger partial charge is 0.406 e. The normalized spacial score (nSPS) is 14.4. The van der Waals surface area contributed by atoms with E-state index in [1.165, 1.54) is 28.9 Å². The summed E-state index contributed by atoms with van der Waals surface area (Å²) in [7, 11) is 0. The number of rotatable bonds is 5. The van der Waals surface area contributed by atoms with Crippen molar-refractivity contribution in [2.45, 2.75) is 25.2 Å². The zero-order valence-corrected chi connectivity index (χ0v) is 13.2.